The number of aromatic nitrogens is 2. The molecular formula is C14H12N4O5. The fourth-order valence-corrected chi connectivity index (χ4v) is 2.71. The van der Waals surface area contributed by atoms with Crippen molar-refractivity contribution in [1.29, 1.82) is 0 Å². The Morgan fingerprint density at radius 1 is 1.35 bits per heavy atom. The van der Waals surface area contributed by atoms with Crippen molar-refractivity contribution in [2.75, 3.05) is 0 Å². The van der Waals surface area contributed by atoms with E-state index in [1.165, 1.54) is 16.7 Å². The SMILES string of the molecule is Cc1nc2ccc([N+](=O)[O-])cc2c(=O)n1C1CCC(=O)NC1=O. The maximum atomic E-state index is 12.7. The number of hydrogen-bond acceptors (Lipinski definition) is 6. The first-order valence-electron chi connectivity index (χ1n) is 6.89. The van der Waals surface area contributed by atoms with Gasteiger partial charge in [0.25, 0.3) is 11.2 Å². The van der Waals surface area contributed by atoms with Gasteiger partial charge in [-0.2, -0.15) is 0 Å². The van der Waals surface area contributed by atoms with E-state index in [0.29, 0.717) is 11.3 Å². The van der Waals surface area contributed by atoms with Crippen LogP contribution in [0.25, 0.3) is 10.9 Å². The first-order valence-corrected chi connectivity index (χ1v) is 6.89. The largest absolute Gasteiger partial charge is 0.295 e. The van der Waals surface area contributed by atoms with Crippen molar-refractivity contribution >= 4 is 28.4 Å². The number of aryl methyl sites for hydroxylation is 1. The van der Waals surface area contributed by atoms with Crippen molar-refractivity contribution < 1.29 is 14.5 Å². The molecular weight excluding hydrogens is 304 g/mol. The summed E-state index contributed by atoms with van der Waals surface area (Å²) in [5.74, 6) is -0.648. The molecule has 118 valence electrons. The predicted octanol–water partition coefficient (Wildman–Crippen LogP) is 0.591. The van der Waals surface area contributed by atoms with Crippen molar-refractivity contribution in [3.63, 3.8) is 0 Å². The molecule has 1 fully saturated rings. The van der Waals surface area contributed by atoms with Crippen LogP contribution >= 0.6 is 0 Å². The fraction of sp³-hybridized carbons (Fsp3) is 0.286. The third-order valence-corrected chi connectivity index (χ3v) is 3.79. The number of carbonyl (C=O) groups is 2. The summed E-state index contributed by atoms with van der Waals surface area (Å²) in [5, 5.41) is 13.1. The lowest BCUT2D eigenvalue weighted by molar-refractivity contribution is -0.384. The van der Waals surface area contributed by atoms with Crippen LogP contribution in [-0.2, 0) is 9.59 Å². The zero-order chi connectivity index (χ0) is 16.7. The molecule has 0 spiro atoms. The Morgan fingerprint density at radius 2 is 2.09 bits per heavy atom. The minimum absolute atomic E-state index is 0.0644. The topological polar surface area (TPSA) is 124 Å². The Labute approximate surface area is 129 Å². The average molecular weight is 316 g/mol. The number of nitro groups is 1. The second-order valence-electron chi connectivity index (χ2n) is 5.26. The van der Waals surface area contributed by atoms with E-state index in [-0.39, 0.29) is 29.8 Å². The summed E-state index contributed by atoms with van der Waals surface area (Å²) in [5.41, 5.74) is -0.442. The molecule has 1 aromatic carbocycles. The van der Waals surface area contributed by atoms with Gasteiger partial charge in [-0.15, -0.1) is 0 Å². The van der Waals surface area contributed by atoms with Gasteiger partial charge in [0.2, 0.25) is 11.8 Å². The van der Waals surface area contributed by atoms with Crippen LogP contribution < -0.4 is 10.9 Å². The van der Waals surface area contributed by atoms with E-state index < -0.39 is 22.4 Å². The summed E-state index contributed by atoms with van der Waals surface area (Å²) >= 11 is 0. The number of hydrogen-bond donors (Lipinski definition) is 1. The molecule has 9 heteroatoms. The van der Waals surface area contributed by atoms with Crippen LogP contribution in [0.3, 0.4) is 0 Å². The monoisotopic (exact) mass is 316 g/mol. The van der Waals surface area contributed by atoms with Gasteiger partial charge in [-0.3, -0.25) is 34.4 Å². The lowest BCUT2D eigenvalue weighted by atomic mass is 10.1. The summed E-state index contributed by atoms with van der Waals surface area (Å²) in [7, 11) is 0. The van der Waals surface area contributed by atoms with Crippen molar-refractivity contribution in [2.45, 2.75) is 25.8 Å². The van der Waals surface area contributed by atoms with Crippen LogP contribution in [0, 0.1) is 17.0 Å². The van der Waals surface area contributed by atoms with E-state index in [9.17, 15) is 24.5 Å². The number of nitrogens with one attached hydrogen (secondary N) is 1. The summed E-state index contributed by atoms with van der Waals surface area (Å²) in [6.45, 7) is 1.58. The van der Waals surface area contributed by atoms with E-state index >= 15 is 0 Å². The molecule has 3 rings (SSSR count). The van der Waals surface area contributed by atoms with Crippen LogP contribution in [0.4, 0.5) is 5.69 Å². The number of benzene rings is 1. The summed E-state index contributed by atoms with van der Waals surface area (Å²) < 4.78 is 1.19. The van der Waals surface area contributed by atoms with Crippen molar-refractivity contribution in [3.05, 3.63) is 44.5 Å². The van der Waals surface area contributed by atoms with Crippen molar-refractivity contribution in [3.8, 4) is 0 Å². The summed E-state index contributed by atoms with van der Waals surface area (Å²) in [4.78, 5) is 50.4. The predicted molar refractivity (Wildman–Crippen MR) is 78.8 cm³/mol. The molecule has 0 radical (unpaired) electrons. The van der Waals surface area contributed by atoms with Crippen molar-refractivity contribution in [2.24, 2.45) is 0 Å². The zero-order valence-corrected chi connectivity index (χ0v) is 12.1. The molecule has 1 saturated heterocycles. The summed E-state index contributed by atoms with van der Waals surface area (Å²) in [6, 6.07) is 2.96. The quantitative estimate of drug-likeness (QED) is 0.491. The standard InChI is InChI=1S/C14H12N4O5/c1-7-15-10-3-2-8(18(22)23)6-9(10)14(21)17(7)11-4-5-12(19)16-13(11)20/h2-3,6,11H,4-5H2,1H3,(H,16,19,20). The highest BCUT2D eigenvalue weighted by Crippen LogP contribution is 2.21. The van der Waals surface area contributed by atoms with E-state index in [4.69, 9.17) is 0 Å². The van der Waals surface area contributed by atoms with Crippen LogP contribution in [-0.4, -0.2) is 26.3 Å². The van der Waals surface area contributed by atoms with Gasteiger partial charge in [0.15, 0.2) is 0 Å². The Balaban J connectivity index is 2.21. The molecule has 2 heterocycles. The number of nitro benzene ring substituents is 1. The molecule has 9 nitrogen and oxygen atoms in total. The van der Waals surface area contributed by atoms with Gasteiger partial charge in [-0.05, 0) is 19.4 Å². The van der Waals surface area contributed by atoms with Gasteiger partial charge in [-0.1, -0.05) is 0 Å². The number of imide groups is 1. The number of nitrogens with zero attached hydrogens (tertiary/aromatic N) is 3. The molecule has 0 aliphatic carbocycles. The number of carbonyl (C=O) groups excluding carboxylic acids is 2. The smallest absolute Gasteiger partial charge is 0.270 e. The molecule has 2 aromatic rings. The first kappa shape index (κ1) is 14.8. The van der Waals surface area contributed by atoms with Crippen LogP contribution in [0.1, 0.15) is 24.7 Å². The van der Waals surface area contributed by atoms with Crippen molar-refractivity contribution in [1.82, 2.24) is 14.9 Å². The highest BCUT2D eigenvalue weighted by atomic mass is 16.6. The second kappa shape index (κ2) is 5.27. The van der Waals surface area contributed by atoms with Crippen LogP contribution in [0.5, 0.6) is 0 Å². The molecule has 1 unspecified atom stereocenters. The van der Waals surface area contributed by atoms with Gasteiger partial charge in [-0.25, -0.2) is 4.98 Å². The van der Waals surface area contributed by atoms with Crippen LogP contribution in [0.2, 0.25) is 0 Å². The van der Waals surface area contributed by atoms with Crippen LogP contribution in [0.15, 0.2) is 23.0 Å². The minimum atomic E-state index is -0.851. The zero-order valence-electron chi connectivity index (χ0n) is 12.1. The van der Waals surface area contributed by atoms with E-state index in [2.05, 4.69) is 10.3 Å². The molecule has 0 bridgehead atoms. The molecule has 2 amide bonds. The van der Waals surface area contributed by atoms with E-state index in [1.54, 1.807) is 6.92 Å². The van der Waals surface area contributed by atoms with Gasteiger partial charge in [0.05, 0.1) is 15.8 Å². The molecule has 23 heavy (non-hydrogen) atoms. The lowest BCUT2D eigenvalue weighted by Crippen LogP contribution is -2.45. The average Bonchev–Trinajstić information content (AvgIpc) is 2.49. The van der Waals surface area contributed by atoms with Gasteiger partial charge < -0.3 is 0 Å². The highest BCUT2D eigenvalue weighted by molar-refractivity contribution is 5.99. The van der Waals surface area contributed by atoms with Gasteiger partial charge in [0.1, 0.15) is 11.9 Å². The molecule has 1 aromatic heterocycles. The number of non-ortho nitro benzene ring substituents is 1. The van der Waals surface area contributed by atoms with Gasteiger partial charge >= 0.3 is 0 Å². The van der Waals surface area contributed by atoms with E-state index in [1.807, 2.05) is 0 Å². The normalized spacial score (nSPS) is 18.0. The second-order valence-corrected chi connectivity index (χ2v) is 5.26. The Hall–Kier alpha value is -3.10. The number of piperidine rings is 1. The maximum absolute atomic E-state index is 12.7. The third kappa shape index (κ3) is 2.45. The minimum Gasteiger partial charge on any atom is -0.295 e. The Kier molecular flexibility index (Phi) is 3.40. The number of fused-ring (bicyclic) bond motifs is 1. The lowest BCUT2D eigenvalue weighted by Gasteiger charge is -2.24. The molecule has 0 saturated carbocycles. The molecule has 1 aliphatic heterocycles. The first-order chi connectivity index (χ1) is 10.9. The molecule has 1 N–H and O–H groups in total. The highest BCUT2D eigenvalue weighted by Gasteiger charge is 2.30. The third-order valence-electron chi connectivity index (χ3n) is 3.79. The van der Waals surface area contributed by atoms with Gasteiger partial charge in [0, 0.05) is 18.6 Å². The maximum Gasteiger partial charge on any atom is 0.270 e. The number of amides is 2. The molecule has 1 atom stereocenters. The fourth-order valence-electron chi connectivity index (χ4n) is 2.71. The number of rotatable bonds is 2. The van der Waals surface area contributed by atoms with E-state index in [0.717, 1.165) is 6.07 Å². The Morgan fingerprint density at radius 3 is 2.74 bits per heavy atom. The summed E-state index contributed by atoms with van der Waals surface area (Å²) in [6.07, 6.45) is 0.308. The molecule has 1 aliphatic rings. The Bertz CT molecular complexity index is 917.